The maximum atomic E-state index is 13.1. The third kappa shape index (κ3) is 2.99. The first-order chi connectivity index (χ1) is 12.6. The van der Waals surface area contributed by atoms with E-state index in [4.69, 9.17) is 4.74 Å². The zero-order valence-corrected chi connectivity index (χ0v) is 15.6. The van der Waals surface area contributed by atoms with Crippen LogP contribution in [0.15, 0.2) is 42.0 Å². The summed E-state index contributed by atoms with van der Waals surface area (Å²) in [6.07, 6.45) is 9.49. The van der Waals surface area contributed by atoms with Crippen molar-refractivity contribution in [2.45, 2.75) is 62.6 Å². The highest BCUT2D eigenvalue weighted by molar-refractivity contribution is 5.81. The molecule has 0 radical (unpaired) electrons. The van der Waals surface area contributed by atoms with Crippen molar-refractivity contribution >= 4 is 5.97 Å². The molecule has 0 spiro atoms. The lowest BCUT2D eigenvalue weighted by Gasteiger charge is -2.34. The first-order valence-electron chi connectivity index (χ1n) is 9.96. The van der Waals surface area contributed by atoms with Gasteiger partial charge in [-0.1, -0.05) is 49.2 Å². The maximum absolute atomic E-state index is 13.1. The van der Waals surface area contributed by atoms with E-state index in [1.165, 1.54) is 12.0 Å². The molecule has 1 aliphatic carbocycles. The van der Waals surface area contributed by atoms with E-state index in [0.717, 1.165) is 38.5 Å². The summed E-state index contributed by atoms with van der Waals surface area (Å²) >= 11 is 0. The summed E-state index contributed by atoms with van der Waals surface area (Å²) in [6.45, 7) is 0.294. The number of esters is 1. The van der Waals surface area contributed by atoms with E-state index in [0.29, 0.717) is 24.3 Å². The Morgan fingerprint density at radius 3 is 2.65 bits per heavy atom. The lowest BCUT2D eigenvalue weighted by molar-refractivity contribution is -0.173. The Balaban J connectivity index is 1.51. The lowest BCUT2D eigenvalue weighted by Crippen LogP contribution is -2.44. The van der Waals surface area contributed by atoms with Gasteiger partial charge in [0.15, 0.2) is 5.60 Å². The number of benzene rings is 1. The van der Waals surface area contributed by atoms with Gasteiger partial charge in [0.2, 0.25) is 0 Å². The second kappa shape index (κ2) is 7.16. The van der Waals surface area contributed by atoms with E-state index in [2.05, 4.69) is 18.0 Å². The van der Waals surface area contributed by atoms with Gasteiger partial charge in [0, 0.05) is 18.0 Å². The number of hydrogen-bond donors (Lipinski definition) is 1. The first-order valence-corrected chi connectivity index (χ1v) is 9.96. The summed E-state index contributed by atoms with van der Waals surface area (Å²) in [7, 11) is 2.16. The molecule has 3 atom stereocenters. The van der Waals surface area contributed by atoms with Crippen molar-refractivity contribution in [3.63, 3.8) is 0 Å². The van der Waals surface area contributed by atoms with Gasteiger partial charge in [-0.05, 0) is 50.3 Å². The number of carbonyl (C=O) groups is 1. The maximum Gasteiger partial charge on any atom is 0.343 e. The Labute approximate surface area is 155 Å². The van der Waals surface area contributed by atoms with Crippen LogP contribution in [0.2, 0.25) is 0 Å². The van der Waals surface area contributed by atoms with Crippen LogP contribution in [0.5, 0.6) is 0 Å². The van der Waals surface area contributed by atoms with Gasteiger partial charge in [-0.25, -0.2) is 4.79 Å². The van der Waals surface area contributed by atoms with Crippen LogP contribution in [0, 0.1) is 5.92 Å². The number of hydrogen-bond acceptors (Lipinski definition) is 4. The van der Waals surface area contributed by atoms with Crippen LogP contribution in [0.3, 0.4) is 0 Å². The summed E-state index contributed by atoms with van der Waals surface area (Å²) in [6, 6.07) is 10.4. The Hall–Kier alpha value is -1.65. The molecule has 1 unspecified atom stereocenters. The molecule has 1 aromatic carbocycles. The number of nitrogens with zero attached hydrogens (tertiary/aromatic N) is 1. The molecule has 1 saturated carbocycles. The second-order valence-corrected chi connectivity index (χ2v) is 8.12. The molecule has 0 aromatic heterocycles. The molecule has 0 amide bonds. The summed E-state index contributed by atoms with van der Waals surface area (Å²) in [5, 5.41) is 11.5. The fourth-order valence-electron chi connectivity index (χ4n) is 5.14. The fourth-order valence-corrected chi connectivity index (χ4v) is 5.14. The molecule has 1 aromatic rings. The normalized spacial score (nSPS) is 28.6. The minimum atomic E-state index is -1.53. The van der Waals surface area contributed by atoms with Crippen molar-refractivity contribution in [3.8, 4) is 0 Å². The van der Waals surface area contributed by atoms with Crippen molar-refractivity contribution in [3.05, 3.63) is 47.5 Å². The zero-order valence-electron chi connectivity index (χ0n) is 15.6. The molecule has 26 heavy (non-hydrogen) atoms. The van der Waals surface area contributed by atoms with Crippen molar-refractivity contribution in [2.24, 2.45) is 5.92 Å². The number of carbonyl (C=O) groups excluding carboxylic acids is 1. The summed E-state index contributed by atoms with van der Waals surface area (Å²) in [5.74, 6) is -0.546. The van der Waals surface area contributed by atoms with E-state index in [9.17, 15) is 9.90 Å². The Bertz CT molecular complexity index is 680. The van der Waals surface area contributed by atoms with Crippen LogP contribution >= 0.6 is 0 Å². The van der Waals surface area contributed by atoms with Crippen LogP contribution in [0.4, 0.5) is 0 Å². The summed E-state index contributed by atoms with van der Waals surface area (Å²) in [5.41, 5.74) is 0.320. The fraction of sp³-hybridized carbons (Fsp3) is 0.591. The van der Waals surface area contributed by atoms with Crippen LogP contribution < -0.4 is 0 Å². The molecule has 4 rings (SSSR count). The van der Waals surface area contributed by atoms with Crippen LogP contribution in [0.25, 0.3) is 0 Å². The van der Waals surface area contributed by atoms with Crippen LogP contribution in [-0.2, 0) is 15.1 Å². The third-order valence-electron chi connectivity index (χ3n) is 6.76. The number of likely N-dealkylation sites (N-methyl/N-ethyl adjacent to an activating group) is 1. The van der Waals surface area contributed by atoms with Gasteiger partial charge in [-0.3, -0.25) is 4.90 Å². The topological polar surface area (TPSA) is 49.8 Å². The van der Waals surface area contributed by atoms with Gasteiger partial charge < -0.3 is 9.84 Å². The summed E-state index contributed by atoms with van der Waals surface area (Å²) < 4.78 is 5.73. The monoisotopic (exact) mass is 355 g/mol. The van der Waals surface area contributed by atoms with Gasteiger partial charge in [0.1, 0.15) is 6.61 Å². The molecule has 1 saturated heterocycles. The van der Waals surface area contributed by atoms with Gasteiger partial charge in [0.25, 0.3) is 0 Å². The van der Waals surface area contributed by atoms with Gasteiger partial charge in [-0.2, -0.15) is 0 Å². The molecule has 2 aliphatic heterocycles. The van der Waals surface area contributed by atoms with E-state index >= 15 is 0 Å². The van der Waals surface area contributed by atoms with Crippen molar-refractivity contribution < 1.29 is 14.6 Å². The largest absolute Gasteiger partial charge is 0.459 e. The quantitative estimate of drug-likeness (QED) is 0.650. The first kappa shape index (κ1) is 17.7. The molecule has 1 N–H and O–H groups in total. The number of ether oxygens (including phenoxy) is 1. The molecule has 4 heteroatoms. The minimum Gasteiger partial charge on any atom is -0.459 e. The van der Waals surface area contributed by atoms with Gasteiger partial charge in [-0.15, -0.1) is 0 Å². The van der Waals surface area contributed by atoms with E-state index in [-0.39, 0.29) is 5.92 Å². The van der Waals surface area contributed by atoms with E-state index in [1.807, 2.05) is 30.3 Å². The highest BCUT2D eigenvalue weighted by Crippen LogP contribution is 2.42. The predicted molar refractivity (Wildman–Crippen MR) is 101 cm³/mol. The van der Waals surface area contributed by atoms with Crippen molar-refractivity contribution in [2.75, 3.05) is 13.7 Å². The van der Waals surface area contributed by atoms with Gasteiger partial charge in [0.05, 0.1) is 0 Å². The minimum absolute atomic E-state index is 0.0590. The molecule has 4 nitrogen and oxygen atoms in total. The summed E-state index contributed by atoms with van der Waals surface area (Å²) in [4.78, 5) is 15.5. The van der Waals surface area contributed by atoms with Crippen LogP contribution in [0.1, 0.15) is 50.5 Å². The highest BCUT2D eigenvalue weighted by Gasteiger charge is 2.48. The third-order valence-corrected chi connectivity index (χ3v) is 6.76. The number of rotatable bonds is 5. The average Bonchev–Trinajstić information content (AvgIpc) is 3.28. The Kier molecular flexibility index (Phi) is 4.89. The zero-order chi connectivity index (χ0) is 18.1. The van der Waals surface area contributed by atoms with Crippen molar-refractivity contribution in [1.29, 1.82) is 0 Å². The number of fused-ring (bicyclic) bond motifs is 2. The van der Waals surface area contributed by atoms with E-state index in [1.54, 1.807) is 0 Å². The Morgan fingerprint density at radius 2 is 1.92 bits per heavy atom. The number of aliphatic hydroxyl groups is 1. The molecule has 140 valence electrons. The predicted octanol–water partition coefficient (Wildman–Crippen LogP) is 3.40. The standard InChI is InChI=1S/C22H29NO3/c1-23-19-12-11-16(20(23)14-13-19)15-26-21(24)22(25,18-9-5-6-10-18)17-7-3-2-4-8-17/h2-4,7-8,11,18-20,25H,5-6,9-10,12-15H2,1H3/t19-,20-,22?/m0/s1. The highest BCUT2D eigenvalue weighted by atomic mass is 16.5. The van der Waals surface area contributed by atoms with Crippen LogP contribution in [-0.4, -0.2) is 41.7 Å². The molecule has 2 fully saturated rings. The SMILES string of the molecule is CN1[C@H]2CC=C(COC(=O)C(O)(c3ccccc3)C3CCCC3)[C@@H]1CC2. The molecular weight excluding hydrogens is 326 g/mol. The molecule has 3 aliphatic rings. The smallest absolute Gasteiger partial charge is 0.343 e. The second-order valence-electron chi connectivity index (χ2n) is 8.12. The molecule has 2 heterocycles. The molecular formula is C22H29NO3. The van der Waals surface area contributed by atoms with E-state index < -0.39 is 11.6 Å². The Morgan fingerprint density at radius 1 is 1.19 bits per heavy atom. The van der Waals surface area contributed by atoms with Gasteiger partial charge >= 0.3 is 5.97 Å². The van der Waals surface area contributed by atoms with Crippen molar-refractivity contribution in [1.82, 2.24) is 4.90 Å². The average molecular weight is 355 g/mol. The molecule has 2 bridgehead atoms. The lowest BCUT2D eigenvalue weighted by atomic mass is 9.80.